The maximum Gasteiger partial charge on any atom is 0.306 e. The van der Waals surface area contributed by atoms with E-state index < -0.39 is 99.3 Å². The summed E-state index contributed by atoms with van der Waals surface area (Å²) in [6.45, 7) is 2.33. The molecule has 2 rings (SSSR count). The molecule has 0 aromatic rings. The van der Waals surface area contributed by atoms with Crippen LogP contribution < -0.4 is 0 Å². The molecule has 2 saturated heterocycles. The molecule has 0 amide bonds. The second-order valence-electron chi connectivity index (χ2n) is 16.9. The summed E-state index contributed by atoms with van der Waals surface area (Å²) in [4.78, 5) is 25.7. The lowest BCUT2D eigenvalue weighted by Crippen LogP contribution is -2.61. The third kappa shape index (κ3) is 26.9. The van der Waals surface area contributed by atoms with Crippen LogP contribution in [0.5, 0.6) is 0 Å². The molecule has 7 N–H and O–H groups in total. The van der Waals surface area contributed by atoms with Crippen molar-refractivity contribution in [1.29, 1.82) is 0 Å². The number of rotatable bonds is 36. The molecular weight excluding hydrogens is 865 g/mol. The van der Waals surface area contributed by atoms with Crippen LogP contribution in [-0.2, 0) is 38.0 Å². The van der Waals surface area contributed by atoms with E-state index in [1.54, 1.807) is 0 Å². The van der Waals surface area contributed by atoms with Crippen LogP contribution in [0.25, 0.3) is 0 Å². The second kappa shape index (κ2) is 38.5. The minimum Gasteiger partial charge on any atom is -0.462 e. The van der Waals surface area contributed by atoms with Crippen LogP contribution in [0.2, 0.25) is 0 Å². The van der Waals surface area contributed by atoms with Crippen LogP contribution in [0.4, 0.5) is 0 Å². The number of esters is 2. The molecule has 11 atom stereocenters. The Hall–Kier alpha value is -3.32. The zero-order chi connectivity index (χ0) is 48.9. The summed E-state index contributed by atoms with van der Waals surface area (Å²) in [5.41, 5.74) is 0. The maximum absolute atomic E-state index is 13.0. The van der Waals surface area contributed by atoms with Gasteiger partial charge in [-0.2, -0.15) is 0 Å². The van der Waals surface area contributed by atoms with Gasteiger partial charge in [0.2, 0.25) is 0 Å². The zero-order valence-corrected chi connectivity index (χ0v) is 40.1. The molecule has 2 heterocycles. The molecule has 15 heteroatoms. The molecule has 67 heavy (non-hydrogen) atoms. The van der Waals surface area contributed by atoms with E-state index in [9.17, 15) is 45.3 Å². The monoisotopic (exact) mass is 949 g/mol. The van der Waals surface area contributed by atoms with Crippen molar-refractivity contribution in [1.82, 2.24) is 0 Å². The molecule has 0 aliphatic carbocycles. The Labute approximate surface area is 399 Å². The highest BCUT2D eigenvalue weighted by Crippen LogP contribution is 2.26. The highest BCUT2D eigenvalue weighted by molar-refractivity contribution is 5.70. The molecular formula is C52H84O15. The molecule has 4 unspecified atom stereocenters. The van der Waals surface area contributed by atoms with Gasteiger partial charge in [-0.1, -0.05) is 131 Å². The summed E-state index contributed by atoms with van der Waals surface area (Å²) >= 11 is 0. The molecule has 2 fully saturated rings. The molecule has 2 aliphatic heterocycles. The minimum absolute atomic E-state index is 0.0338. The van der Waals surface area contributed by atoms with E-state index in [0.717, 1.165) is 70.6 Å². The molecule has 0 aromatic carbocycles. The third-order valence-corrected chi connectivity index (χ3v) is 11.1. The molecule has 2 aliphatic rings. The number of aliphatic hydroxyl groups excluding tert-OH is 7. The van der Waals surface area contributed by atoms with Gasteiger partial charge in [-0.25, -0.2) is 0 Å². The number of carbonyl (C=O) groups excluding carboxylic acids is 2. The Balaban J connectivity index is 1.87. The van der Waals surface area contributed by atoms with Crippen LogP contribution in [0, 0.1) is 0 Å². The predicted octanol–water partition coefficient (Wildman–Crippen LogP) is 6.43. The summed E-state index contributed by atoms with van der Waals surface area (Å²) < 4.78 is 33.4. The van der Waals surface area contributed by atoms with Crippen molar-refractivity contribution >= 4 is 11.9 Å². The smallest absolute Gasteiger partial charge is 0.306 e. The van der Waals surface area contributed by atoms with E-state index in [0.29, 0.717) is 19.3 Å². The lowest BCUT2D eigenvalue weighted by molar-refractivity contribution is -0.332. The van der Waals surface area contributed by atoms with Gasteiger partial charge in [0.15, 0.2) is 18.7 Å². The standard InChI is InChI=1S/C52H84O15/c1-3-5-7-9-11-13-15-17-18-19-20-21-22-23-25-27-29-31-33-35-44(55)65-40(37-62-43(54)34-32-30-28-26-24-16-14-12-10-8-6-4-2)38-63-51-50(61)48(59)46(57)42(67-51)39-64-52-49(60)47(58)45(56)41(36-53)66-52/h5,7,11-14,17-18,20-21,23,25,29,31,40-42,45-53,56-61H,3-4,6,8-10,15-16,19,22,24,26-28,30,32-39H2,1-2H3/b7-5+,13-11+,14-12+,18-17+,21-20+,25-23+,31-29+/t40-,41+,42+,45-,46-,47?,48?,49?,50?,51+,52+/m1/s1. The Morgan fingerprint density at radius 3 is 1.54 bits per heavy atom. The summed E-state index contributed by atoms with van der Waals surface area (Å²) in [5, 5.41) is 72.0. The van der Waals surface area contributed by atoms with E-state index in [-0.39, 0.29) is 19.4 Å². The average Bonchev–Trinajstić information content (AvgIpc) is 3.32. The van der Waals surface area contributed by atoms with Crippen molar-refractivity contribution in [2.75, 3.05) is 26.4 Å². The molecule has 0 aromatic heterocycles. The van der Waals surface area contributed by atoms with Gasteiger partial charge in [0, 0.05) is 12.8 Å². The SMILES string of the molecule is CC/C=C/C/C=C/C/C=C/C/C=C/C/C=C/C/C=C/CCC(=O)O[C@H](COC(=O)CCCCCCC/C=C/CCCCC)CO[C@H]1O[C@@H](CO[C@H]2O[C@@H](CO)[C@@H](O)C(O)C2O)[C@@H](O)C(O)C1O. The van der Waals surface area contributed by atoms with Crippen LogP contribution in [-0.4, -0.2) is 142 Å². The topological polar surface area (TPSA) is 231 Å². The largest absolute Gasteiger partial charge is 0.462 e. The molecule has 0 radical (unpaired) electrons. The van der Waals surface area contributed by atoms with Crippen molar-refractivity contribution in [2.24, 2.45) is 0 Å². The van der Waals surface area contributed by atoms with Crippen LogP contribution in [0.15, 0.2) is 85.1 Å². The van der Waals surface area contributed by atoms with E-state index in [2.05, 4.69) is 80.7 Å². The van der Waals surface area contributed by atoms with Gasteiger partial charge in [-0.05, 0) is 77.0 Å². The fraction of sp³-hybridized carbons (Fsp3) is 0.692. The van der Waals surface area contributed by atoms with Gasteiger partial charge >= 0.3 is 11.9 Å². The first kappa shape index (κ1) is 59.8. The first-order chi connectivity index (χ1) is 32.5. The van der Waals surface area contributed by atoms with Crippen LogP contribution >= 0.6 is 0 Å². The molecule has 0 saturated carbocycles. The number of allylic oxidation sites excluding steroid dienone is 14. The lowest BCUT2D eigenvalue weighted by atomic mass is 9.98. The Morgan fingerprint density at radius 1 is 0.493 bits per heavy atom. The minimum atomic E-state index is -1.78. The summed E-state index contributed by atoms with van der Waals surface area (Å²) in [7, 11) is 0. The van der Waals surface area contributed by atoms with E-state index in [4.69, 9.17) is 28.4 Å². The van der Waals surface area contributed by atoms with Gasteiger partial charge in [0.05, 0.1) is 19.8 Å². The van der Waals surface area contributed by atoms with Gasteiger partial charge in [-0.15, -0.1) is 0 Å². The average molecular weight is 949 g/mol. The highest BCUT2D eigenvalue weighted by Gasteiger charge is 2.47. The Kier molecular flexibility index (Phi) is 34.4. The van der Waals surface area contributed by atoms with Crippen molar-refractivity contribution in [2.45, 2.75) is 203 Å². The molecule has 382 valence electrons. The van der Waals surface area contributed by atoms with E-state index >= 15 is 0 Å². The molecule has 0 bridgehead atoms. The van der Waals surface area contributed by atoms with Crippen molar-refractivity contribution in [3.63, 3.8) is 0 Å². The summed E-state index contributed by atoms with van der Waals surface area (Å²) in [5.74, 6) is -1.04. The number of hydrogen-bond acceptors (Lipinski definition) is 15. The fourth-order valence-corrected chi connectivity index (χ4v) is 7.06. The number of aliphatic hydroxyl groups is 7. The number of hydrogen-bond donors (Lipinski definition) is 7. The summed E-state index contributed by atoms with van der Waals surface area (Å²) in [6, 6.07) is 0. The van der Waals surface area contributed by atoms with Crippen molar-refractivity contribution in [3.8, 4) is 0 Å². The van der Waals surface area contributed by atoms with Gasteiger partial charge in [0.1, 0.15) is 55.4 Å². The first-order valence-electron chi connectivity index (χ1n) is 24.7. The third-order valence-electron chi connectivity index (χ3n) is 11.1. The van der Waals surface area contributed by atoms with Crippen LogP contribution in [0.3, 0.4) is 0 Å². The van der Waals surface area contributed by atoms with Gasteiger partial charge < -0.3 is 64.2 Å². The van der Waals surface area contributed by atoms with E-state index in [1.807, 2.05) is 18.2 Å². The molecule has 0 spiro atoms. The van der Waals surface area contributed by atoms with Crippen LogP contribution in [0.1, 0.15) is 136 Å². The Bertz CT molecular complexity index is 1490. The quantitative estimate of drug-likeness (QED) is 0.0204. The van der Waals surface area contributed by atoms with Crippen molar-refractivity contribution < 1.29 is 73.8 Å². The maximum atomic E-state index is 13.0. The zero-order valence-electron chi connectivity index (χ0n) is 40.1. The normalized spacial score (nSPS) is 26.7. The summed E-state index contributed by atoms with van der Waals surface area (Å²) in [6.07, 6.45) is 29.2. The molecule has 15 nitrogen and oxygen atoms in total. The lowest BCUT2D eigenvalue weighted by Gasteiger charge is -2.42. The second-order valence-corrected chi connectivity index (χ2v) is 16.9. The number of carbonyl (C=O) groups is 2. The van der Waals surface area contributed by atoms with Gasteiger partial charge in [-0.3, -0.25) is 9.59 Å². The predicted molar refractivity (Wildman–Crippen MR) is 256 cm³/mol. The Morgan fingerprint density at radius 2 is 0.970 bits per heavy atom. The van der Waals surface area contributed by atoms with E-state index in [1.165, 1.54) is 19.3 Å². The van der Waals surface area contributed by atoms with Gasteiger partial charge in [0.25, 0.3) is 0 Å². The highest BCUT2D eigenvalue weighted by atomic mass is 16.7. The number of unbranched alkanes of at least 4 members (excludes halogenated alkanes) is 8. The van der Waals surface area contributed by atoms with Crippen molar-refractivity contribution in [3.05, 3.63) is 85.1 Å². The fourth-order valence-electron chi connectivity index (χ4n) is 7.06. The first-order valence-corrected chi connectivity index (χ1v) is 24.7. The number of ether oxygens (including phenoxy) is 6.